The third kappa shape index (κ3) is 4.70. The van der Waals surface area contributed by atoms with Gasteiger partial charge in [-0.05, 0) is 34.7 Å². The fraction of sp³-hybridized carbons (Fsp3) is 0.500. The van der Waals surface area contributed by atoms with Gasteiger partial charge in [-0.3, -0.25) is 5.43 Å². The van der Waals surface area contributed by atoms with E-state index < -0.39 is 0 Å². The van der Waals surface area contributed by atoms with E-state index in [4.69, 9.17) is 18.0 Å². The molecule has 1 aromatic carbocycles. The molecule has 0 spiro atoms. The van der Waals surface area contributed by atoms with Crippen LogP contribution in [0, 0.1) is 0 Å². The molecule has 0 aliphatic rings. The summed E-state index contributed by atoms with van der Waals surface area (Å²) in [5.41, 5.74) is 10.3. The molecule has 1 aromatic rings. The summed E-state index contributed by atoms with van der Waals surface area (Å²) < 4.78 is 0. The molecule has 1 rings (SSSR count). The van der Waals surface area contributed by atoms with Crippen LogP contribution in [0.2, 0.25) is 0 Å². The molecule has 0 saturated carbocycles. The van der Waals surface area contributed by atoms with Crippen molar-refractivity contribution in [2.24, 2.45) is 10.8 Å². The normalized spacial score (nSPS) is 12.7. The van der Waals surface area contributed by atoms with Crippen LogP contribution in [0.4, 0.5) is 0 Å². The summed E-state index contributed by atoms with van der Waals surface area (Å²) in [6.45, 7) is 12.6. The number of nitrogens with zero attached hydrogens (tertiary/aromatic N) is 1. The average molecular weight is 307 g/mol. The predicted octanol–water partition coefficient (Wildman–Crippen LogP) is 3.15. The number of benzene rings is 1. The van der Waals surface area contributed by atoms with E-state index in [-0.39, 0.29) is 21.7 Å². The standard InChI is InChI=1S/C16H25N3OS/c1-15(2,3)11-7-10(9-18-19-14(17)21)13(20)12(8-11)16(4,5)6/h7-9,20H,1-6H3,(H3,17,19,21). The van der Waals surface area contributed by atoms with Gasteiger partial charge in [0, 0.05) is 11.1 Å². The van der Waals surface area contributed by atoms with Gasteiger partial charge in [-0.2, -0.15) is 5.10 Å². The number of rotatable bonds is 2. The average Bonchev–Trinajstić information content (AvgIpc) is 2.27. The van der Waals surface area contributed by atoms with Gasteiger partial charge in [0.25, 0.3) is 0 Å². The van der Waals surface area contributed by atoms with Crippen molar-refractivity contribution in [2.75, 3.05) is 0 Å². The molecule has 0 aromatic heterocycles. The maximum Gasteiger partial charge on any atom is 0.184 e. The first-order valence-electron chi connectivity index (χ1n) is 6.89. The Labute approximate surface area is 132 Å². The highest BCUT2D eigenvalue weighted by molar-refractivity contribution is 7.80. The molecule has 0 unspecified atom stereocenters. The van der Waals surface area contributed by atoms with E-state index in [0.717, 1.165) is 11.1 Å². The maximum absolute atomic E-state index is 10.5. The third-order valence-corrected chi connectivity index (χ3v) is 3.28. The van der Waals surface area contributed by atoms with Crippen molar-refractivity contribution in [3.8, 4) is 5.75 Å². The van der Waals surface area contributed by atoms with Gasteiger partial charge in [0.1, 0.15) is 5.75 Å². The highest BCUT2D eigenvalue weighted by Crippen LogP contribution is 2.36. The number of phenolic OH excluding ortho intramolecular Hbond substituents is 1. The Balaban J connectivity index is 3.42. The molecule has 21 heavy (non-hydrogen) atoms. The summed E-state index contributed by atoms with van der Waals surface area (Å²) in [5, 5.41) is 14.5. The largest absolute Gasteiger partial charge is 0.507 e. The number of hydrogen-bond acceptors (Lipinski definition) is 3. The number of nitrogens with two attached hydrogens (primary N) is 1. The molecule has 4 nitrogen and oxygen atoms in total. The van der Waals surface area contributed by atoms with Gasteiger partial charge in [0.2, 0.25) is 0 Å². The van der Waals surface area contributed by atoms with Crippen LogP contribution in [0.3, 0.4) is 0 Å². The number of hydrogen-bond donors (Lipinski definition) is 3. The zero-order chi connectivity index (χ0) is 16.4. The number of thiocarbonyl (C=S) groups is 1. The van der Waals surface area contributed by atoms with E-state index in [0.29, 0.717) is 5.56 Å². The van der Waals surface area contributed by atoms with Crippen LogP contribution in [0.15, 0.2) is 17.2 Å². The van der Waals surface area contributed by atoms with E-state index in [1.807, 2.05) is 6.07 Å². The smallest absolute Gasteiger partial charge is 0.184 e. The molecular weight excluding hydrogens is 282 g/mol. The van der Waals surface area contributed by atoms with E-state index in [1.54, 1.807) is 6.21 Å². The maximum atomic E-state index is 10.5. The number of nitrogens with one attached hydrogen (secondary N) is 1. The summed E-state index contributed by atoms with van der Waals surface area (Å²) in [6.07, 6.45) is 1.54. The van der Waals surface area contributed by atoms with Gasteiger partial charge in [-0.1, -0.05) is 47.6 Å². The lowest BCUT2D eigenvalue weighted by atomic mass is 9.79. The van der Waals surface area contributed by atoms with Crippen LogP contribution >= 0.6 is 12.2 Å². The zero-order valence-electron chi connectivity index (χ0n) is 13.6. The summed E-state index contributed by atoms with van der Waals surface area (Å²) in [7, 11) is 0. The predicted molar refractivity (Wildman–Crippen MR) is 93.0 cm³/mol. The van der Waals surface area contributed by atoms with E-state index >= 15 is 0 Å². The minimum Gasteiger partial charge on any atom is -0.507 e. The van der Waals surface area contributed by atoms with Crippen molar-refractivity contribution in [1.29, 1.82) is 0 Å². The van der Waals surface area contributed by atoms with Gasteiger partial charge < -0.3 is 10.8 Å². The van der Waals surface area contributed by atoms with Crippen LogP contribution in [-0.4, -0.2) is 16.4 Å². The fourth-order valence-electron chi connectivity index (χ4n) is 1.93. The first kappa shape index (κ1) is 17.4. The first-order valence-corrected chi connectivity index (χ1v) is 7.30. The van der Waals surface area contributed by atoms with Gasteiger partial charge in [0.05, 0.1) is 6.21 Å². The van der Waals surface area contributed by atoms with Gasteiger partial charge in [0.15, 0.2) is 5.11 Å². The van der Waals surface area contributed by atoms with Crippen molar-refractivity contribution in [2.45, 2.75) is 52.4 Å². The SMILES string of the molecule is CC(C)(C)c1cc(C=NNC(N)=S)c(O)c(C(C)(C)C)c1. The Morgan fingerprint density at radius 3 is 2.19 bits per heavy atom. The highest BCUT2D eigenvalue weighted by atomic mass is 32.1. The zero-order valence-corrected chi connectivity index (χ0v) is 14.4. The van der Waals surface area contributed by atoms with Crippen LogP contribution in [-0.2, 0) is 10.8 Å². The van der Waals surface area contributed by atoms with Gasteiger partial charge >= 0.3 is 0 Å². The van der Waals surface area contributed by atoms with Gasteiger partial charge in [-0.25, -0.2) is 0 Å². The summed E-state index contributed by atoms with van der Waals surface area (Å²) in [5.74, 6) is 0.240. The molecule has 4 N–H and O–H groups in total. The lowest BCUT2D eigenvalue weighted by Gasteiger charge is -2.26. The third-order valence-electron chi connectivity index (χ3n) is 3.19. The van der Waals surface area contributed by atoms with Crippen LogP contribution in [0.25, 0.3) is 0 Å². The van der Waals surface area contributed by atoms with E-state index in [2.05, 4.69) is 58.1 Å². The lowest BCUT2D eigenvalue weighted by molar-refractivity contribution is 0.444. The Bertz CT molecular complexity index is 566. The summed E-state index contributed by atoms with van der Waals surface area (Å²) in [6, 6.07) is 4.00. The second-order valence-corrected chi connectivity index (χ2v) is 7.64. The molecule has 0 atom stereocenters. The highest BCUT2D eigenvalue weighted by Gasteiger charge is 2.24. The second kappa shape index (κ2) is 6.02. The summed E-state index contributed by atoms with van der Waals surface area (Å²) >= 11 is 4.70. The fourth-order valence-corrected chi connectivity index (χ4v) is 1.98. The Morgan fingerprint density at radius 1 is 1.19 bits per heavy atom. The number of phenols is 1. The van der Waals surface area contributed by atoms with E-state index in [1.165, 1.54) is 0 Å². The minimum atomic E-state index is -0.162. The Kier molecular flexibility index (Phi) is 4.99. The molecular formula is C16H25N3OS. The topological polar surface area (TPSA) is 70.6 Å². The molecule has 0 amide bonds. The Morgan fingerprint density at radius 2 is 1.76 bits per heavy atom. The molecule has 0 aliphatic carbocycles. The van der Waals surface area contributed by atoms with Crippen molar-refractivity contribution in [1.82, 2.24) is 5.43 Å². The first-order chi connectivity index (χ1) is 9.43. The lowest BCUT2D eigenvalue weighted by Crippen LogP contribution is -2.24. The van der Waals surface area contributed by atoms with Crippen LogP contribution < -0.4 is 11.2 Å². The quantitative estimate of drug-likeness (QED) is 0.446. The van der Waals surface area contributed by atoms with Crippen LogP contribution in [0.5, 0.6) is 5.75 Å². The molecule has 5 heteroatoms. The van der Waals surface area contributed by atoms with Crippen molar-refractivity contribution in [3.63, 3.8) is 0 Å². The van der Waals surface area contributed by atoms with Gasteiger partial charge in [-0.15, -0.1) is 0 Å². The molecule has 0 saturated heterocycles. The minimum absolute atomic E-state index is 0.0209. The molecule has 0 aliphatic heterocycles. The molecule has 0 fully saturated rings. The van der Waals surface area contributed by atoms with E-state index in [9.17, 15) is 5.11 Å². The molecule has 0 radical (unpaired) electrons. The monoisotopic (exact) mass is 307 g/mol. The molecule has 0 bridgehead atoms. The molecule has 0 heterocycles. The van der Waals surface area contributed by atoms with Crippen molar-refractivity contribution >= 4 is 23.5 Å². The van der Waals surface area contributed by atoms with Crippen molar-refractivity contribution < 1.29 is 5.11 Å². The molecule has 116 valence electrons. The number of hydrazone groups is 1. The van der Waals surface area contributed by atoms with Crippen LogP contribution in [0.1, 0.15) is 58.2 Å². The number of aromatic hydroxyl groups is 1. The Hall–Kier alpha value is -1.62. The summed E-state index contributed by atoms with van der Waals surface area (Å²) in [4.78, 5) is 0. The second-order valence-electron chi connectivity index (χ2n) is 7.20. The van der Waals surface area contributed by atoms with Crippen molar-refractivity contribution in [3.05, 3.63) is 28.8 Å².